The van der Waals surface area contributed by atoms with E-state index in [0.29, 0.717) is 6.04 Å². The second-order valence-corrected chi connectivity index (χ2v) is 4.49. The topological polar surface area (TPSA) is 49.8 Å². The lowest BCUT2D eigenvalue weighted by Gasteiger charge is -2.18. The van der Waals surface area contributed by atoms with Gasteiger partial charge in [0.05, 0.1) is 11.4 Å². The molecule has 1 unspecified atom stereocenters. The summed E-state index contributed by atoms with van der Waals surface area (Å²) in [4.78, 5) is 8.82. The van der Waals surface area contributed by atoms with Crippen molar-refractivity contribution in [2.75, 3.05) is 18.4 Å². The lowest BCUT2D eigenvalue weighted by atomic mass is 10.1. The molecule has 1 aromatic heterocycles. The largest absolute Gasteiger partial charge is 0.365 e. The monoisotopic (exact) mass is 220 g/mol. The van der Waals surface area contributed by atoms with Gasteiger partial charge in [0.15, 0.2) is 0 Å². The van der Waals surface area contributed by atoms with Crippen molar-refractivity contribution in [3.05, 3.63) is 17.6 Å². The van der Waals surface area contributed by atoms with Crippen LogP contribution in [0.15, 0.2) is 6.20 Å². The van der Waals surface area contributed by atoms with E-state index in [-0.39, 0.29) is 0 Å². The van der Waals surface area contributed by atoms with Crippen molar-refractivity contribution in [2.24, 2.45) is 0 Å². The fourth-order valence-electron chi connectivity index (χ4n) is 2.01. The Kier molecular flexibility index (Phi) is 3.72. The number of aromatic nitrogens is 2. The molecule has 88 valence electrons. The number of hydrogen-bond acceptors (Lipinski definition) is 4. The molecule has 0 spiro atoms. The fraction of sp³-hybridized carbons (Fsp3) is 0.667. The predicted octanol–water partition coefficient (Wildman–Crippen LogP) is 1.65. The zero-order chi connectivity index (χ0) is 11.4. The second-order valence-electron chi connectivity index (χ2n) is 4.49. The third-order valence-electron chi connectivity index (χ3n) is 2.96. The van der Waals surface area contributed by atoms with Gasteiger partial charge in [-0.25, -0.2) is 4.98 Å². The molecule has 4 nitrogen and oxygen atoms in total. The summed E-state index contributed by atoms with van der Waals surface area (Å²) in [7, 11) is 0. The lowest BCUT2D eigenvalue weighted by Crippen LogP contribution is -2.31. The van der Waals surface area contributed by atoms with Crippen LogP contribution in [-0.4, -0.2) is 29.1 Å². The molecule has 0 saturated carbocycles. The zero-order valence-electron chi connectivity index (χ0n) is 10.1. The smallest absolute Gasteiger partial charge is 0.148 e. The van der Waals surface area contributed by atoms with Gasteiger partial charge in [0.1, 0.15) is 5.82 Å². The van der Waals surface area contributed by atoms with Gasteiger partial charge in [0.2, 0.25) is 0 Å². The van der Waals surface area contributed by atoms with Crippen molar-refractivity contribution in [1.82, 2.24) is 15.3 Å². The normalized spacial score (nSPS) is 21.5. The van der Waals surface area contributed by atoms with Gasteiger partial charge in [-0.15, -0.1) is 0 Å². The third-order valence-corrected chi connectivity index (χ3v) is 2.96. The Morgan fingerprint density at radius 1 is 1.38 bits per heavy atom. The highest BCUT2D eigenvalue weighted by molar-refractivity contribution is 5.40. The van der Waals surface area contributed by atoms with Crippen LogP contribution in [0.5, 0.6) is 0 Å². The van der Waals surface area contributed by atoms with Crippen molar-refractivity contribution in [2.45, 2.75) is 39.2 Å². The van der Waals surface area contributed by atoms with Crippen molar-refractivity contribution in [3.63, 3.8) is 0 Å². The SMILES string of the molecule is Cc1cnc(C)c(NC2CCCCNC2)n1. The Morgan fingerprint density at radius 2 is 2.25 bits per heavy atom. The molecule has 1 aliphatic heterocycles. The Morgan fingerprint density at radius 3 is 3.12 bits per heavy atom. The minimum absolute atomic E-state index is 0.484. The summed E-state index contributed by atoms with van der Waals surface area (Å²) in [5, 5.41) is 6.93. The highest BCUT2D eigenvalue weighted by Gasteiger charge is 2.13. The molecule has 0 radical (unpaired) electrons. The number of aryl methyl sites for hydroxylation is 2. The standard InChI is InChI=1S/C12H20N4/c1-9-7-14-10(2)12(15-9)16-11-5-3-4-6-13-8-11/h7,11,13H,3-6,8H2,1-2H3,(H,15,16). The minimum atomic E-state index is 0.484. The van der Waals surface area contributed by atoms with Crippen LogP contribution in [0.2, 0.25) is 0 Å². The van der Waals surface area contributed by atoms with E-state index in [2.05, 4.69) is 20.6 Å². The van der Waals surface area contributed by atoms with Gasteiger partial charge in [0, 0.05) is 18.8 Å². The second kappa shape index (κ2) is 5.25. The first kappa shape index (κ1) is 11.3. The summed E-state index contributed by atoms with van der Waals surface area (Å²) in [5.74, 6) is 0.939. The summed E-state index contributed by atoms with van der Waals surface area (Å²) < 4.78 is 0. The minimum Gasteiger partial charge on any atom is -0.365 e. The first-order valence-electron chi connectivity index (χ1n) is 6.03. The van der Waals surface area contributed by atoms with Gasteiger partial charge in [0.25, 0.3) is 0 Å². The van der Waals surface area contributed by atoms with Crippen molar-refractivity contribution < 1.29 is 0 Å². The molecule has 0 aromatic carbocycles. The molecule has 1 fully saturated rings. The molecule has 1 aliphatic rings. The lowest BCUT2D eigenvalue weighted by molar-refractivity contribution is 0.632. The van der Waals surface area contributed by atoms with Crippen LogP contribution in [0.1, 0.15) is 30.7 Å². The highest BCUT2D eigenvalue weighted by Crippen LogP contribution is 2.13. The molecule has 2 N–H and O–H groups in total. The average molecular weight is 220 g/mol. The van der Waals surface area contributed by atoms with E-state index < -0.39 is 0 Å². The van der Waals surface area contributed by atoms with Gasteiger partial charge in [-0.3, -0.25) is 4.98 Å². The molecule has 2 rings (SSSR count). The van der Waals surface area contributed by atoms with Crippen LogP contribution in [0.25, 0.3) is 0 Å². The van der Waals surface area contributed by atoms with E-state index in [9.17, 15) is 0 Å². The van der Waals surface area contributed by atoms with Crippen LogP contribution < -0.4 is 10.6 Å². The van der Waals surface area contributed by atoms with Crippen LogP contribution in [0, 0.1) is 13.8 Å². The van der Waals surface area contributed by atoms with Crippen molar-refractivity contribution in [1.29, 1.82) is 0 Å². The van der Waals surface area contributed by atoms with Crippen LogP contribution in [0.3, 0.4) is 0 Å². The molecule has 1 saturated heterocycles. The van der Waals surface area contributed by atoms with E-state index in [1.54, 1.807) is 0 Å². The molecule has 4 heteroatoms. The maximum absolute atomic E-state index is 4.50. The Balaban J connectivity index is 2.04. The van der Waals surface area contributed by atoms with E-state index in [4.69, 9.17) is 0 Å². The van der Waals surface area contributed by atoms with E-state index in [1.807, 2.05) is 20.0 Å². The predicted molar refractivity (Wildman–Crippen MR) is 65.6 cm³/mol. The van der Waals surface area contributed by atoms with E-state index >= 15 is 0 Å². The van der Waals surface area contributed by atoms with Crippen molar-refractivity contribution in [3.8, 4) is 0 Å². The molecule has 0 amide bonds. The van der Waals surface area contributed by atoms with E-state index in [0.717, 1.165) is 30.3 Å². The summed E-state index contributed by atoms with van der Waals surface area (Å²) in [5.41, 5.74) is 1.95. The molecular formula is C12H20N4. The zero-order valence-corrected chi connectivity index (χ0v) is 10.1. The summed E-state index contributed by atoms with van der Waals surface area (Å²) in [6.07, 6.45) is 5.58. The molecule has 1 aromatic rings. The fourth-order valence-corrected chi connectivity index (χ4v) is 2.01. The molecule has 2 heterocycles. The first-order chi connectivity index (χ1) is 7.75. The maximum Gasteiger partial charge on any atom is 0.148 e. The van der Waals surface area contributed by atoms with Crippen LogP contribution in [0.4, 0.5) is 5.82 Å². The quantitative estimate of drug-likeness (QED) is 0.795. The third kappa shape index (κ3) is 2.92. The average Bonchev–Trinajstić information content (AvgIpc) is 2.52. The Bertz CT molecular complexity index is 343. The number of nitrogens with one attached hydrogen (secondary N) is 2. The maximum atomic E-state index is 4.50. The van der Waals surface area contributed by atoms with Gasteiger partial charge in [-0.05, 0) is 33.2 Å². The number of anilines is 1. The molecule has 0 bridgehead atoms. The van der Waals surface area contributed by atoms with E-state index in [1.165, 1.54) is 19.3 Å². The Hall–Kier alpha value is -1.16. The summed E-state index contributed by atoms with van der Waals surface area (Å²) >= 11 is 0. The van der Waals surface area contributed by atoms with Crippen LogP contribution in [-0.2, 0) is 0 Å². The number of hydrogen-bond donors (Lipinski definition) is 2. The highest BCUT2D eigenvalue weighted by atomic mass is 15.1. The van der Waals surface area contributed by atoms with Gasteiger partial charge < -0.3 is 10.6 Å². The van der Waals surface area contributed by atoms with Gasteiger partial charge >= 0.3 is 0 Å². The first-order valence-corrected chi connectivity index (χ1v) is 6.03. The summed E-state index contributed by atoms with van der Waals surface area (Å²) in [6, 6.07) is 0.484. The molecule has 0 aliphatic carbocycles. The number of nitrogens with zero attached hydrogens (tertiary/aromatic N) is 2. The number of rotatable bonds is 2. The molecular weight excluding hydrogens is 200 g/mol. The molecule has 16 heavy (non-hydrogen) atoms. The van der Waals surface area contributed by atoms with Gasteiger partial charge in [-0.1, -0.05) is 6.42 Å². The van der Waals surface area contributed by atoms with Gasteiger partial charge in [-0.2, -0.15) is 0 Å². The summed E-state index contributed by atoms with van der Waals surface area (Å²) in [6.45, 7) is 6.13. The Labute approximate surface area is 96.9 Å². The van der Waals surface area contributed by atoms with Crippen molar-refractivity contribution >= 4 is 5.82 Å². The molecule has 1 atom stereocenters. The van der Waals surface area contributed by atoms with Crippen LogP contribution >= 0.6 is 0 Å².